The highest BCUT2D eigenvalue weighted by Gasteiger charge is 2.30. The second kappa shape index (κ2) is 8.66. The molecule has 0 heterocycles. The highest BCUT2D eigenvalue weighted by molar-refractivity contribution is 5.94. The molecule has 0 bridgehead atoms. The maximum Gasteiger partial charge on any atom is 0.337 e. The van der Waals surface area contributed by atoms with Gasteiger partial charge in [-0.05, 0) is 38.0 Å². The molecule has 5 N–H and O–H groups in total. The van der Waals surface area contributed by atoms with Crippen molar-refractivity contribution in [3.05, 3.63) is 24.3 Å². The molecular formula is C18H25N3O5. The Labute approximate surface area is 152 Å². The van der Waals surface area contributed by atoms with Gasteiger partial charge in [-0.15, -0.1) is 0 Å². The van der Waals surface area contributed by atoms with E-state index in [9.17, 15) is 19.5 Å². The lowest BCUT2D eigenvalue weighted by Crippen LogP contribution is -2.47. The Balaban J connectivity index is 1.88. The molecule has 26 heavy (non-hydrogen) atoms. The van der Waals surface area contributed by atoms with Gasteiger partial charge in [0.15, 0.2) is 5.60 Å². The lowest BCUT2D eigenvalue weighted by atomic mass is 9.88. The van der Waals surface area contributed by atoms with Gasteiger partial charge in [0.2, 0.25) is 5.91 Å². The van der Waals surface area contributed by atoms with Gasteiger partial charge in [0.05, 0.1) is 6.54 Å². The zero-order valence-electron chi connectivity index (χ0n) is 14.7. The van der Waals surface area contributed by atoms with Crippen LogP contribution in [0.5, 0.6) is 0 Å². The number of anilines is 2. The summed E-state index contributed by atoms with van der Waals surface area (Å²) >= 11 is 0. The van der Waals surface area contributed by atoms with Crippen LogP contribution in [0.25, 0.3) is 0 Å². The minimum absolute atomic E-state index is 0.0104. The van der Waals surface area contributed by atoms with Crippen LogP contribution in [0.3, 0.4) is 0 Å². The molecule has 1 aliphatic carbocycles. The van der Waals surface area contributed by atoms with Crippen molar-refractivity contribution in [2.24, 2.45) is 5.92 Å². The molecule has 1 aromatic carbocycles. The quantitative estimate of drug-likeness (QED) is 0.529. The van der Waals surface area contributed by atoms with Crippen molar-refractivity contribution in [1.29, 1.82) is 0 Å². The maximum absolute atomic E-state index is 12.3. The summed E-state index contributed by atoms with van der Waals surface area (Å²) < 4.78 is 0. The minimum atomic E-state index is -2.05. The molecule has 3 amide bonds. The van der Waals surface area contributed by atoms with Gasteiger partial charge in [0.1, 0.15) is 0 Å². The standard InChI is InChI=1S/C18H25N3O5/c1-18(26,16(23)24)11-19-17(25)21-14-9-5-8-13(10-14)20-15(22)12-6-3-2-4-7-12/h5,8-10,12,26H,2-4,6-7,11H2,1H3,(H,20,22)(H,23,24)(H2,19,21,25). The first-order chi connectivity index (χ1) is 12.3. The van der Waals surface area contributed by atoms with Gasteiger partial charge >= 0.3 is 12.0 Å². The fourth-order valence-corrected chi connectivity index (χ4v) is 2.79. The molecule has 0 radical (unpaired) electrons. The summed E-state index contributed by atoms with van der Waals surface area (Å²) in [5.41, 5.74) is -1.03. The number of aliphatic carboxylic acids is 1. The minimum Gasteiger partial charge on any atom is -0.479 e. The highest BCUT2D eigenvalue weighted by Crippen LogP contribution is 2.25. The van der Waals surface area contributed by atoms with Crippen LogP contribution in [-0.2, 0) is 9.59 Å². The Morgan fingerprint density at radius 1 is 1.12 bits per heavy atom. The molecular weight excluding hydrogens is 338 g/mol. The number of urea groups is 1. The van der Waals surface area contributed by atoms with Gasteiger partial charge < -0.3 is 26.2 Å². The second-order valence-corrected chi connectivity index (χ2v) is 6.79. The van der Waals surface area contributed by atoms with Gasteiger partial charge in [-0.2, -0.15) is 0 Å². The first-order valence-electron chi connectivity index (χ1n) is 8.69. The third-order valence-electron chi connectivity index (χ3n) is 4.42. The lowest BCUT2D eigenvalue weighted by molar-refractivity contribution is -0.155. The normalized spacial score (nSPS) is 17.0. The van der Waals surface area contributed by atoms with E-state index in [-0.39, 0.29) is 11.8 Å². The van der Waals surface area contributed by atoms with E-state index in [1.165, 1.54) is 6.42 Å². The molecule has 0 saturated heterocycles. The predicted molar refractivity (Wildman–Crippen MR) is 96.9 cm³/mol. The molecule has 1 atom stereocenters. The van der Waals surface area contributed by atoms with E-state index in [1.807, 2.05) is 0 Å². The average Bonchev–Trinajstić information content (AvgIpc) is 2.61. The van der Waals surface area contributed by atoms with E-state index in [2.05, 4.69) is 16.0 Å². The Kier molecular flexibility index (Phi) is 6.57. The first kappa shape index (κ1) is 19.7. The van der Waals surface area contributed by atoms with Gasteiger partial charge in [-0.3, -0.25) is 4.79 Å². The Bertz CT molecular complexity index is 669. The van der Waals surface area contributed by atoms with Crippen LogP contribution in [0.4, 0.5) is 16.2 Å². The van der Waals surface area contributed by atoms with Crippen molar-refractivity contribution in [1.82, 2.24) is 5.32 Å². The van der Waals surface area contributed by atoms with E-state index in [1.54, 1.807) is 24.3 Å². The number of hydrogen-bond acceptors (Lipinski definition) is 4. The van der Waals surface area contributed by atoms with Crippen molar-refractivity contribution in [2.45, 2.75) is 44.6 Å². The van der Waals surface area contributed by atoms with Crippen molar-refractivity contribution in [3.63, 3.8) is 0 Å². The van der Waals surface area contributed by atoms with Crippen LogP contribution in [0, 0.1) is 5.92 Å². The summed E-state index contributed by atoms with van der Waals surface area (Å²) in [4.78, 5) is 34.9. The highest BCUT2D eigenvalue weighted by atomic mass is 16.4. The fourth-order valence-electron chi connectivity index (χ4n) is 2.79. The van der Waals surface area contributed by atoms with Crippen LogP contribution in [0.15, 0.2) is 24.3 Å². The number of carboxylic acid groups (broad SMARTS) is 1. The fraction of sp³-hybridized carbons (Fsp3) is 0.500. The molecule has 2 rings (SSSR count). The van der Waals surface area contributed by atoms with Gasteiger partial charge in [-0.25, -0.2) is 9.59 Å². The maximum atomic E-state index is 12.3. The molecule has 1 unspecified atom stereocenters. The number of aliphatic hydroxyl groups is 1. The van der Waals surface area contributed by atoms with E-state index >= 15 is 0 Å². The zero-order chi connectivity index (χ0) is 19.2. The number of rotatable bonds is 6. The molecule has 1 aliphatic rings. The Morgan fingerprint density at radius 3 is 2.35 bits per heavy atom. The topological polar surface area (TPSA) is 128 Å². The molecule has 1 saturated carbocycles. The van der Waals surface area contributed by atoms with E-state index in [4.69, 9.17) is 5.11 Å². The summed E-state index contributed by atoms with van der Waals surface area (Å²) in [5.74, 6) is -1.41. The van der Waals surface area contributed by atoms with Crippen LogP contribution in [0.2, 0.25) is 0 Å². The SMILES string of the molecule is CC(O)(CNC(=O)Nc1cccc(NC(=O)C2CCCCC2)c1)C(=O)O. The zero-order valence-corrected chi connectivity index (χ0v) is 14.7. The van der Waals surface area contributed by atoms with Crippen LogP contribution in [-0.4, -0.2) is 40.3 Å². The Morgan fingerprint density at radius 2 is 1.73 bits per heavy atom. The number of carbonyl (C=O) groups is 3. The Hall–Kier alpha value is -2.61. The molecule has 1 aromatic rings. The van der Waals surface area contributed by atoms with Gasteiger partial charge in [0, 0.05) is 17.3 Å². The first-order valence-corrected chi connectivity index (χ1v) is 8.69. The van der Waals surface area contributed by atoms with E-state index < -0.39 is 24.1 Å². The molecule has 0 spiro atoms. The molecule has 142 valence electrons. The molecule has 8 nitrogen and oxygen atoms in total. The van der Waals surface area contributed by atoms with E-state index in [0.717, 1.165) is 32.6 Å². The predicted octanol–water partition coefficient (Wildman–Crippen LogP) is 2.16. The largest absolute Gasteiger partial charge is 0.479 e. The number of hydrogen-bond donors (Lipinski definition) is 5. The molecule has 0 aliphatic heterocycles. The third-order valence-corrected chi connectivity index (χ3v) is 4.42. The summed E-state index contributed by atoms with van der Waals surface area (Å²) in [5, 5.41) is 26.1. The summed E-state index contributed by atoms with van der Waals surface area (Å²) in [6.45, 7) is 0.656. The van der Waals surface area contributed by atoms with Gasteiger partial charge in [0.25, 0.3) is 0 Å². The third kappa shape index (κ3) is 5.73. The lowest BCUT2D eigenvalue weighted by Gasteiger charge is -2.21. The van der Waals surface area contributed by atoms with Gasteiger partial charge in [-0.1, -0.05) is 25.3 Å². The number of benzene rings is 1. The molecule has 8 heteroatoms. The van der Waals surface area contributed by atoms with Crippen molar-refractivity contribution in [2.75, 3.05) is 17.2 Å². The van der Waals surface area contributed by atoms with Crippen LogP contribution in [0.1, 0.15) is 39.0 Å². The average molecular weight is 363 g/mol. The number of nitrogens with one attached hydrogen (secondary N) is 3. The number of amides is 3. The van der Waals surface area contributed by atoms with Crippen molar-refractivity contribution >= 4 is 29.3 Å². The smallest absolute Gasteiger partial charge is 0.337 e. The van der Waals surface area contributed by atoms with Crippen LogP contribution >= 0.6 is 0 Å². The summed E-state index contributed by atoms with van der Waals surface area (Å²) in [7, 11) is 0. The molecule has 1 fully saturated rings. The summed E-state index contributed by atoms with van der Waals surface area (Å²) in [6.07, 6.45) is 5.11. The van der Waals surface area contributed by atoms with Crippen molar-refractivity contribution in [3.8, 4) is 0 Å². The number of carbonyl (C=O) groups excluding carboxylic acids is 2. The monoisotopic (exact) mass is 363 g/mol. The van der Waals surface area contributed by atoms with Crippen LogP contribution < -0.4 is 16.0 Å². The number of carboxylic acids is 1. The summed E-state index contributed by atoms with van der Waals surface area (Å²) in [6, 6.07) is 6.04. The van der Waals surface area contributed by atoms with Crippen molar-refractivity contribution < 1.29 is 24.6 Å². The second-order valence-electron chi connectivity index (χ2n) is 6.79. The van der Waals surface area contributed by atoms with E-state index in [0.29, 0.717) is 11.4 Å². The molecule has 0 aromatic heterocycles.